The third kappa shape index (κ3) is 3.85. The van der Waals surface area contributed by atoms with Gasteiger partial charge in [-0.25, -0.2) is 5.84 Å². The first-order valence-electron chi connectivity index (χ1n) is 5.96. The van der Waals surface area contributed by atoms with E-state index in [9.17, 15) is 9.59 Å². The summed E-state index contributed by atoms with van der Waals surface area (Å²) < 4.78 is 0. The molecule has 0 aromatic heterocycles. The number of hydrogen-bond donors (Lipinski definition) is 2. The number of benzene rings is 1. The van der Waals surface area contributed by atoms with Crippen LogP contribution in [0.1, 0.15) is 25.3 Å². The third-order valence-corrected chi connectivity index (χ3v) is 2.69. The molecule has 5 heteroatoms. The molecular formula is C13H19N3O2. The van der Waals surface area contributed by atoms with Gasteiger partial charge in [0.25, 0.3) is 0 Å². The van der Waals surface area contributed by atoms with Gasteiger partial charge in [0.1, 0.15) is 6.04 Å². The number of amides is 2. The summed E-state index contributed by atoms with van der Waals surface area (Å²) in [4.78, 5) is 23.1. The molecule has 1 rings (SSSR count). The first kappa shape index (κ1) is 14.2. The number of primary amides is 1. The molecule has 1 aromatic rings. The zero-order chi connectivity index (χ0) is 13.5. The molecule has 2 amide bonds. The molecular weight excluding hydrogens is 230 g/mol. The number of hydrazine groups is 1. The maximum absolute atomic E-state index is 11.7. The van der Waals surface area contributed by atoms with Crippen LogP contribution in [0, 0.1) is 0 Å². The Morgan fingerprint density at radius 2 is 1.89 bits per heavy atom. The van der Waals surface area contributed by atoms with Gasteiger partial charge in [-0.05, 0) is 12.0 Å². The quantitative estimate of drug-likeness (QED) is 0.439. The average Bonchev–Trinajstić information content (AvgIpc) is 2.36. The molecule has 18 heavy (non-hydrogen) atoms. The summed E-state index contributed by atoms with van der Waals surface area (Å²) in [6.45, 7) is 1.88. The molecule has 1 atom stereocenters. The highest BCUT2D eigenvalue weighted by molar-refractivity contribution is 5.86. The number of rotatable bonds is 6. The van der Waals surface area contributed by atoms with Crippen molar-refractivity contribution in [3.63, 3.8) is 0 Å². The monoisotopic (exact) mass is 249 g/mol. The summed E-state index contributed by atoms with van der Waals surface area (Å²) in [5.74, 6) is 4.82. The summed E-state index contributed by atoms with van der Waals surface area (Å²) in [6, 6.07) is 8.55. The van der Waals surface area contributed by atoms with E-state index < -0.39 is 11.9 Å². The van der Waals surface area contributed by atoms with Crippen molar-refractivity contribution in [3.8, 4) is 0 Å². The minimum atomic E-state index is -0.800. The van der Waals surface area contributed by atoms with Gasteiger partial charge in [0.2, 0.25) is 11.8 Å². The summed E-state index contributed by atoms with van der Waals surface area (Å²) in [7, 11) is 0. The molecule has 0 unspecified atom stereocenters. The van der Waals surface area contributed by atoms with E-state index >= 15 is 0 Å². The van der Waals surface area contributed by atoms with Crippen molar-refractivity contribution >= 4 is 11.8 Å². The average molecular weight is 249 g/mol. The van der Waals surface area contributed by atoms with E-state index in [2.05, 4.69) is 0 Å². The lowest BCUT2D eigenvalue weighted by atomic mass is 10.0. The second-order valence-electron chi connectivity index (χ2n) is 4.16. The van der Waals surface area contributed by atoms with Crippen molar-refractivity contribution in [3.05, 3.63) is 35.9 Å². The second kappa shape index (κ2) is 6.76. The molecule has 0 aliphatic rings. The Labute approximate surface area is 107 Å². The Hall–Kier alpha value is -1.88. The number of carbonyl (C=O) groups is 2. The molecule has 0 saturated carbocycles. The first-order chi connectivity index (χ1) is 8.56. The van der Waals surface area contributed by atoms with Crippen LogP contribution in [0.25, 0.3) is 0 Å². The standard InChI is InChI=1S/C13H19N3O2/c1-2-6-12(17)16(15)11(13(14)18)9-10-7-4-3-5-8-10/h3-5,7-8,11H,2,6,9,15H2,1H3,(H2,14,18)/t11-/m0/s1. The van der Waals surface area contributed by atoms with E-state index in [0.29, 0.717) is 19.3 Å². The topological polar surface area (TPSA) is 89.4 Å². The number of nitrogens with two attached hydrogens (primary N) is 2. The van der Waals surface area contributed by atoms with Crippen LogP contribution in [0.5, 0.6) is 0 Å². The van der Waals surface area contributed by atoms with E-state index in [1.807, 2.05) is 37.3 Å². The van der Waals surface area contributed by atoms with E-state index in [1.165, 1.54) is 0 Å². The molecule has 0 spiro atoms. The smallest absolute Gasteiger partial charge is 0.242 e. The van der Waals surface area contributed by atoms with Gasteiger partial charge in [-0.15, -0.1) is 0 Å². The largest absolute Gasteiger partial charge is 0.368 e. The van der Waals surface area contributed by atoms with E-state index in [0.717, 1.165) is 10.6 Å². The Morgan fingerprint density at radius 1 is 1.28 bits per heavy atom. The Balaban J connectivity index is 2.77. The van der Waals surface area contributed by atoms with Crippen molar-refractivity contribution in [2.24, 2.45) is 11.6 Å². The highest BCUT2D eigenvalue weighted by atomic mass is 16.2. The molecule has 0 saturated heterocycles. The molecule has 4 N–H and O–H groups in total. The highest BCUT2D eigenvalue weighted by Crippen LogP contribution is 2.08. The summed E-state index contributed by atoms with van der Waals surface area (Å²) in [5, 5.41) is 0.957. The fourth-order valence-corrected chi connectivity index (χ4v) is 1.69. The molecule has 0 aliphatic carbocycles. The van der Waals surface area contributed by atoms with Gasteiger partial charge in [-0.1, -0.05) is 37.3 Å². The van der Waals surface area contributed by atoms with Crippen LogP contribution in [0.3, 0.4) is 0 Å². The fraction of sp³-hybridized carbons (Fsp3) is 0.385. The minimum absolute atomic E-state index is 0.266. The Bertz CT molecular complexity index is 406. The van der Waals surface area contributed by atoms with Gasteiger partial charge >= 0.3 is 0 Å². The molecule has 0 bridgehead atoms. The van der Waals surface area contributed by atoms with Crippen LogP contribution in [-0.4, -0.2) is 22.9 Å². The highest BCUT2D eigenvalue weighted by Gasteiger charge is 2.25. The van der Waals surface area contributed by atoms with Crippen LogP contribution in [-0.2, 0) is 16.0 Å². The van der Waals surface area contributed by atoms with Crippen LogP contribution in [0.2, 0.25) is 0 Å². The zero-order valence-electron chi connectivity index (χ0n) is 10.5. The lowest BCUT2D eigenvalue weighted by Crippen LogP contribution is -2.52. The lowest BCUT2D eigenvalue weighted by Gasteiger charge is -2.25. The molecule has 0 radical (unpaired) electrons. The minimum Gasteiger partial charge on any atom is -0.368 e. The Kier molecular flexibility index (Phi) is 5.32. The number of carbonyl (C=O) groups excluding carboxylic acids is 2. The third-order valence-electron chi connectivity index (χ3n) is 2.69. The van der Waals surface area contributed by atoms with Crippen molar-refractivity contribution in [1.29, 1.82) is 0 Å². The van der Waals surface area contributed by atoms with Crippen molar-refractivity contribution in [1.82, 2.24) is 5.01 Å². The van der Waals surface area contributed by atoms with Crippen molar-refractivity contribution < 1.29 is 9.59 Å². The van der Waals surface area contributed by atoms with Crippen LogP contribution < -0.4 is 11.6 Å². The first-order valence-corrected chi connectivity index (χ1v) is 5.96. The van der Waals surface area contributed by atoms with Gasteiger partial charge < -0.3 is 5.73 Å². The lowest BCUT2D eigenvalue weighted by molar-refractivity contribution is -0.139. The Morgan fingerprint density at radius 3 is 2.39 bits per heavy atom. The second-order valence-corrected chi connectivity index (χ2v) is 4.16. The van der Waals surface area contributed by atoms with Crippen molar-refractivity contribution in [2.45, 2.75) is 32.2 Å². The van der Waals surface area contributed by atoms with E-state index in [-0.39, 0.29) is 5.91 Å². The number of hydrogen-bond acceptors (Lipinski definition) is 3. The summed E-state index contributed by atoms with van der Waals surface area (Å²) >= 11 is 0. The molecule has 98 valence electrons. The predicted molar refractivity (Wildman–Crippen MR) is 69.1 cm³/mol. The maximum Gasteiger partial charge on any atom is 0.242 e. The molecule has 1 aromatic carbocycles. The van der Waals surface area contributed by atoms with Crippen LogP contribution in [0.15, 0.2) is 30.3 Å². The van der Waals surface area contributed by atoms with Gasteiger partial charge in [0.05, 0.1) is 0 Å². The van der Waals surface area contributed by atoms with Gasteiger partial charge in [0, 0.05) is 12.8 Å². The normalized spacial score (nSPS) is 11.9. The van der Waals surface area contributed by atoms with Gasteiger partial charge in [0.15, 0.2) is 0 Å². The van der Waals surface area contributed by atoms with E-state index in [4.69, 9.17) is 11.6 Å². The zero-order valence-corrected chi connectivity index (χ0v) is 10.5. The molecule has 5 nitrogen and oxygen atoms in total. The van der Waals surface area contributed by atoms with Crippen LogP contribution >= 0.6 is 0 Å². The molecule has 0 fully saturated rings. The molecule has 0 heterocycles. The van der Waals surface area contributed by atoms with Gasteiger partial charge in [-0.3, -0.25) is 14.6 Å². The summed E-state index contributed by atoms with van der Waals surface area (Å²) in [6.07, 6.45) is 1.33. The maximum atomic E-state index is 11.7. The van der Waals surface area contributed by atoms with Crippen LogP contribution in [0.4, 0.5) is 0 Å². The SMILES string of the molecule is CCCC(=O)N(N)[C@@H](Cc1ccccc1)C(N)=O. The van der Waals surface area contributed by atoms with Crippen molar-refractivity contribution in [2.75, 3.05) is 0 Å². The van der Waals surface area contributed by atoms with E-state index in [1.54, 1.807) is 0 Å². The summed E-state index contributed by atoms with van der Waals surface area (Å²) in [5.41, 5.74) is 6.22. The van der Waals surface area contributed by atoms with Gasteiger partial charge in [-0.2, -0.15) is 0 Å². The molecule has 0 aliphatic heterocycles. The number of nitrogens with zero attached hydrogens (tertiary/aromatic N) is 1. The fourth-order valence-electron chi connectivity index (χ4n) is 1.69. The predicted octanol–water partition coefficient (Wildman–Crippen LogP) is 0.585.